The first-order chi connectivity index (χ1) is 16.8. The van der Waals surface area contributed by atoms with Crippen LogP contribution in [0.2, 0.25) is 0 Å². The number of hydrogen-bond donors (Lipinski definition) is 5. The second-order valence-corrected chi connectivity index (χ2v) is 7.63. The molecule has 11 heteroatoms. The molecule has 0 radical (unpaired) electrons. The van der Waals surface area contributed by atoms with Crippen LogP contribution in [0.15, 0.2) is 42.5 Å². The van der Waals surface area contributed by atoms with E-state index in [0.717, 1.165) is 18.7 Å². The lowest BCUT2D eigenvalue weighted by molar-refractivity contribution is -0.262. The Morgan fingerprint density at radius 1 is 1.17 bits per heavy atom. The van der Waals surface area contributed by atoms with Crippen molar-refractivity contribution in [3.8, 4) is 11.8 Å². The van der Waals surface area contributed by atoms with Crippen molar-refractivity contribution in [1.29, 1.82) is 0 Å². The summed E-state index contributed by atoms with van der Waals surface area (Å²) in [6.07, 6.45) is -2.94. The van der Waals surface area contributed by atoms with Gasteiger partial charge in [0.05, 0.1) is 13.7 Å². The molecule has 0 saturated carbocycles. The molecule has 0 spiro atoms. The van der Waals surface area contributed by atoms with E-state index < -0.39 is 61.1 Å². The number of aliphatic hydroxyl groups is 3. The lowest BCUT2D eigenvalue weighted by atomic mass is 9.96. The summed E-state index contributed by atoms with van der Waals surface area (Å²) in [6, 6.07) is 6.93. The number of carbonyl (C=O) groups is 3. The number of carbonyl (C=O) groups excluding carboxylic acids is 3. The first-order valence-corrected chi connectivity index (χ1v) is 10.9. The molecule has 1 saturated heterocycles. The fraction of sp³-hybridized carbons (Fsp3) is 0.458. The zero-order valence-corrected chi connectivity index (χ0v) is 19.4. The third-order valence-corrected chi connectivity index (χ3v) is 5.21. The second-order valence-electron chi connectivity index (χ2n) is 7.63. The Morgan fingerprint density at radius 2 is 1.89 bits per heavy atom. The summed E-state index contributed by atoms with van der Waals surface area (Å²) in [5, 5.41) is 34.5. The number of ether oxygens (including phenoxy) is 3. The number of rotatable bonds is 9. The number of hydrogen-bond acceptors (Lipinski definition) is 9. The van der Waals surface area contributed by atoms with Gasteiger partial charge in [0.1, 0.15) is 30.4 Å². The highest BCUT2D eigenvalue weighted by atomic mass is 16.7. The zero-order chi connectivity index (χ0) is 25.8. The molecule has 2 rings (SSSR count). The molecule has 1 aromatic rings. The topological polar surface area (TPSA) is 164 Å². The van der Waals surface area contributed by atoms with Gasteiger partial charge in [-0.25, -0.2) is 4.79 Å². The fourth-order valence-electron chi connectivity index (χ4n) is 3.35. The van der Waals surface area contributed by atoms with E-state index in [4.69, 9.17) is 14.2 Å². The van der Waals surface area contributed by atoms with Gasteiger partial charge in [-0.1, -0.05) is 30.0 Å². The molecule has 0 aromatic heterocycles. The molecular formula is C24H30N2O9. The molecule has 1 aliphatic rings. The van der Waals surface area contributed by atoms with Crippen LogP contribution in [0, 0.1) is 11.8 Å². The molecule has 0 aliphatic carbocycles. The predicted octanol–water partition coefficient (Wildman–Crippen LogP) is -1.40. The van der Waals surface area contributed by atoms with Crippen LogP contribution in [0.3, 0.4) is 0 Å². The van der Waals surface area contributed by atoms with Crippen LogP contribution >= 0.6 is 0 Å². The normalized spacial score (nSPS) is 24.7. The van der Waals surface area contributed by atoms with Gasteiger partial charge in [0.2, 0.25) is 11.8 Å². The number of methoxy groups -OCH3 is 2. The maximum absolute atomic E-state index is 12.5. The summed E-state index contributed by atoms with van der Waals surface area (Å²) in [4.78, 5) is 36.7. The van der Waals surface area contributed by atoms with Gasteiger partial charge < -0.3 is 40.2 Å². The van der Waals surface area contributed by atoms with E-state index in [9.17, 15) is 29.7 Å². The smallest absolute Gasteiger partial charge is 0.328 e. The van der Waals surface area contributed by atoms with Crippen LogP contribution in [-0.2, 0) is 28.6 Å². The lowest BCUT2D eigenvalue weighted by Gasteiger charge is -2.41. The average molecular weight is 491 g/mol. The third-order valence-electron chi connectivity index (χ3n) is 5.21. The van der Waals surface area contributed by atoms with Gasteiger partial charge in [-0.05, 0) is 24.6 Å². The van der Waals surface area contributed by atoms with Crippen LogP contribution in [0.5, 0.6) is 0 Å². The molecule has 2 amide bonds. The van der Waals surface area contributed by atoms with Crippen LogP contribution in [-0.4, -0.2) is 90.6 Å². The SMILES string of the molecule is COC(=O)C(CCC(=O)NC1C(OC)OC(CO)C(O)C1O)NC(=O)/C=C/C#Cc1ccccc1. The van der Waals surface area contributed by atoms with Crippen LogP contribution in [0.4, 0.5) is 0 Å². The van der Waals surface area contributed by atoms with E-state index in [1.165, 1.54) is 13.2 Å². The number of benzene rings is 1. The number of amides is 2. The molecule has 6 atom stereocenters. The van der Waals surface area contributed by atoms with Crippen molar-refractivity contribution in [2.24, 2.45) is 0 Å². The van der Waals surface area contributed by atoms with E-state index in [2.05, 4.69) is 22.5 Å². The summed E-state index contributed by atoms with van der Waals surface area (Å²) in [7, 11) is 2.43. The number of aliphatic hydroxyl groups excluding tert-OH is 3. The lowest BCUT2D eigenvalue weighted by Crippen LogP contribution is -2.64. The summed E-state index contributed by atoms with van der Waals surface area (Å²) < 4.78 is 15.1. The standard InChI is InChI=1S/C24H30N2O9/c1-33-23(32)16(25-18(28)11-7-6-10-15-8-4-3-5-9-15)12-13-19(29)26-20-22(31)21(30)17(14-27)35-24(20)34-2/h3-5,7-9,11,16-17,20-22,24,27,30-31H,12-14H2,1-2H3,(H,25,28)(H,26,29)/b11-7+. The quantitative estimate of drug-likeness (QED) is 0.159. The predicted molar refractivity (Wildman–Crippen MR) is 122 cm³/mol. The van der Waals surface area contributed by atoms with Crippen LogP contribution < -0.4 is 10.6 Å². The molecule has 6 unspecified atom stereocenters. The minimum absolute atomic E-state index is 0.100. The van der Waals surface area contributed by atoms with Crippen molar-refractivity contribution < 1.29 is 43.9 Å². The van der Waals surface area contributed by atoms with Crippen molar-refractivity contribution in [2.75, 3.05) is 20.8 Å². The Kier molecular flexibility index (Phi) is 11.4. The van der Waals surface area contributed by atoms with Gasteiger partial charge in [-0.15, -0.1) is 0 Å². The Balaban J connectivity index is 1.92. The first-order valence-electron chi connectivity index (χ1n) is 10.9. The van der Waals surface area contributed by atoms with E-state index in [-0.39, 0.29) is 12.8 Å². The summed E-state index contributed by atoms with van der Waals surface area (Å²) in [6.45, 7) is -0.550. The van der Waals surface area contributed by atoms with Crippen molar-refractivity contribution in [3.05, 3.63) is 48.0 Å². The van der Waals surface area contributed by atoms with Gasteiger partial charge >= 0.3 is 5.97 Å². The molecule has 11 nitrogen and oxygen atoms in total. The minimum atomic E-state index is -1.46. The summed E-state index contributed by atoms with van der Waals surface area (Å²) in [5.74, 6) is 3.63. The largest absolute Gasteiger partial charge is 0.467 e. The highest BCUT2D eigenvalue weighted by Crippen LogP contribution is 2.21. The van der Waals surface area contributed by atoms with Gasteiger partial charge in [-0.2, -0.15) is 0 Å². The van der Waals surface area contributed by atoms with E-state index >= 15 is 0 Å². The summed E-state index contributed by atoms with van der Waals surface area (Å²) >= 11 is 0. The van der Waals surface area contributed by atoms with Crippen molar-refractivity contribution in [2.45, 2.75) is 49.5 Å². The van der Waals surface area contributed by atoms with Gasteiger partial charge in [0.15, 0.2) is 6.29 Å². The minimum Gasteiger partial charge on any atom is -0.467 e. The molecule has 1 aliphatic heterocycles. The van der Waals surface area contributed by atoms with E-state index in [0.29, 0.717) is 0 Å². The highest BCUT2D eigenvalue weighted by molar-refractivity contribution is 5.92. The maximum Gasteiger partial charge on any atom is 0.328 e. The summed E-state index contributed by atoms with van der Waals surface area (Å²) in [5.41, 5.74) is 0.777. The number of nitrogens with one attached hydrogen (secondary N) is 2. The third kappa shape index (κ3) is 8.47. The Hall–Kier alpha value is -3.27. The highest BCUT2D eigenvalue weighted by Gasteiger charge is 2.45. The monoisotopic (exact) mass is 490 g/mol. The molecule has 5 N–H and O–H groups in total. The number of allylic oxidation sites excluding steroid dienone is 1. The Morgan fingerprint density at radius 3 is 2.51 bits per heavy atom. The van der Waals surface area contributed by atoms with Crippen LogP contribution in [0.25, 0.3) is 0 Å². The van der Waals surface area contributed by atoms with Gasteiger partial charge in [-0.3, -0.25) is 9.59 Å². The van der Waals surface area contributed by atoms with Crippen molar-refractivity contribution in [1.82, 2.24) is 10.6 Å². The van der Waals surface area contributed by atoms with Crippen molar-refractivity contribution >= 4 is 17.8 Å². The van der Waals surface area contributed by atoms with Gasteiger partial charge in [0.25, 0.3) is 0 Å². The zero-order valence-electron chi connectivity index (χ0n) is 19.4. The molecule has 1 heterocycles. The molecular weight excluding hydrogens is 460 g/mol. The Bertz CT molecular complexity index is 939. The molecule has 35 heavy (non-hydrogen) atoms. The Labute approximate surface area is 203 Å². The fourth-order valence-corrected chi connectivity index (χ4v) is 3.35. The van der Waals surface area contributed by atoms with E-state index in [1.807, 2.05) is 30.3 Å². The second kappa shape index (κ2) is 14.2. The average Bonchev–Trinajstić information content (AvgIpc) is 2.87. The van der Waals surface area contributed by atoms with Crippen molar-refractivity contribution in [3.63, 3.8) is 0 Å². The molecule has 0 bridgehead atoms. The molecule has 1 aromatic carbocycles. The number of esters is 1. The molecule has 190 valence electrons. The first kappa shape index (κ1) is 28.0. The molecule has 1 fully saturated rings. The van der Waals surface area contributed by atoms with Gasteiger partial charge in [0, 0.05) is 25.2 Å². The van der Waals surface area contributed by atoms with Crippen LogP contribution in [0.1, 0.15) is 18.4 Å². The maximum atomic E-state index is 12.5. The van der Waals surface area contributed by atoms with E-state index in [1.54, 1.807) is 0 Å².